The maximum absolute atomic E-state index is 5.33. The highest BCUT2D eigenvalue weighted by molar-refractivity contribution is 5.40. The smallest absolute Gasteiger partial charge is 0.119 e. The molecule has 0 fully saturated rings. The average Bonchev–Trinajstić information content (AvgIpc) is 2.81. The monoisotopic (exact) mass is 262 g/mol. The summed E-state index contributed by atoms with van der Waals surface area (Å²) in [6.07, 6.45) is 2.38. The summed E-state index contributed by atoms with van der Waals surface area (Å²) in [5, 5.41) is 3.68. The molecule has 1 unspecified atom stereocenters. The number of hydrogen-bond acceptors (Lipinski definition) is 3. The Morgan fingerprint density at radius 2 is 2.21 bits per heavy atom. The van der Waals surface area contributed by atoms with E-state index in [2.05, 4.69) is 49.3 Å². The zero-order chi connectivity index (χ0) is 13.8. The Bertz CT molecular complexity index is 417. The van der Waals surface area contributed by atoms with Crippen molar-refractivity contribution in [3.8, 4) is 5.75 Å². The van der Waals surface area contributed by atoms with Crippen LogP contribution in [0.3, 0.4) is 0 Å². The van der Waals surface area contributed by atoms with Gasteiger partial charge in [-0.1, -0.05) is 6.07 Å². The van der Waals surface area contributed by atoms with Crippen LogP contribution in [0, 0.1) is 0 Å². The molecule has 1 aromatic carbocycles. The molecule has 0 spiro atoms. The number of likely N-dealkylation sites (N-methyl/N-ethyl adjacent to an activating group) is 1. The van der Waals surface area contributed by atoms with Gasteiger partial charge in [0.25, 0.3) is 0 Å². The van der Waals surface area contributed by atoms with E-state index in [4.69, 9.17) is 4.74 Å². The summed E-state index contributed by atoms with van der Waals surface area (Å²) < 4.78 is 5.33. The number of nitrogens with zero attached hydrogens (tertiary/aromatic N) is 1. The van der Waals surface area contributed by atoms with Crippen LogP contribution in [0.5, 0.6) is 5.75 Å². The number of methoxy groups -OCH3 is 1. The van der Waals surface area contributed by atoms with E-state index in [1.165, 1.54) is 24.0 Å². The number of benzene rings is 1. The molecule has 0 aromatic heterocycles. The van der Waals surface area contributed by atoms with Crippen molar-refractivity contribution in [2.75, 3.05) is 27.2 Å². The largest absolute Gasteiger partial charge is 0.497 e. The summed E-state index contributed by atoms with van der Waals surface area (Å²) in [5.41, 5.74) is 2.89. The summed E-state index contributed by atoms with van der Waals surface area (Å²) in [7, 11) is 3.91. The van der Waals surface area contributed by atoms with Gasteiger partial charge < -0.3 is 15.0 Å². The summed E-state index contributed by atoms with van der Waals surface area (Å²) in [6.45, 7) is 6.59. The van der Waals surface area contributed by atoms with Gasteiger partial charge in [0.1, 0.15) is 5.75 Å². The number of fused-ring (bicyclic) bond motifs is 1. The van der Waals surface area contributed by atoms with Gasteiger partial charge in [-0.2, -0.15) is 0 Å². The minimum atomic E-state index is 0.491. The van der Waals surface area contributed by atoms with Gasteiger partial charge in [-0.25, -0.2) is 0 Å². The van der Waals surface area contributed by atoms with Crippen molar-refractivity contribution in [3.63, 3.8) is 0 Å². The van der Waals surface area contributed by atoms with Crippen molar-refractivity contribution in [2.24, 2.45) is 0 Å². The average molecular weight is 262 g/mol. The Labute approximate surface area is 116 Å². The highest BCUT2D eigenvalue weighted by Crippen LogP contribution is 2.33. The van der Waals surface area contributed by atoms with E-state index in [0.29, 0.717) is 12.1 Å². The van der Waals surface area contributed by atoms with E-state index >= 15 is 0 Å². The molecular weight excluding hydrogens is 236 g/mol. The van der Waals surface area contributed by atoms with E-state index in [0.717, 1.165) is 18.8 Å². The van der Waals surface area contributed by atoms with Crippen LogP contribution < -0.4 is 10.1 Å². The summed E-state index contributed by atoms with van der Waals surface area (Å²) >= 11 is 0. The molecule has 1 aliphatic rings. The van der Waals surface area contributed by atoms with Crippen molar-refractivity contribution >= 4 is 0 Å². The molecule has 19 heavy (non-hydrogen) atoms. The second kappa shape index (κ2) is 6.40. The van der Waals surface area contributed by atoms with Gasteiger partial charge in [-0.3, -0.25) is 0 Å². The van der Waals surface area contributed by atoms with Crippen LogP contribution in [0.15, 0.2) is 18.2 Å². The van der Waals surface area contributed by atoms with Crippen LogP contribution in [0.2, 0.25) is 0 Å². The first-order valence-corrected chi connectivity index (χ1v) is 7.22. The molecule has 1 N–H and O–H groups in total. The van der Waals surface area contributed by atoms with Crippen molar-refractivity contribution in [2.45, 2.75) is 38.8 Å². The maximum atomic E-state index is 5.33. The Balaban J connectivity index is 1.91. The molecular formula is C16H26N2O. The first kappa shape index (κ1) is 14.4. The Morgan fingerprint density at radius 1 is 1.42 bits per heavy atom. The first-order valence-electron chi connectivity index (χ1n) is 7.22. The second-order valence-electron chi connectivity index (χ2n) is 5.68. The number of rotatable bonds is 6. The Morgan fingerprint density at radius 3 is 2.89 bits per heavy atom. The van der Waals surface area contributed by atoms with Gasteiger partial charge in [-0.15, -0.1) is 0 Å². The fraction of sp³-hybridized carbons (Fsp3) is 0.625. The third-order valence-corrected chi connectivity index (χ3v) is 4.17. The van der Waals surface area contributed by atoms with Crippen molar-refractivity contribution in [1.82, 2.24) is 10.2 Å². The van der Waals surface area contributed by atoms with Crippen molar-refractivity contribution in [1.29, 1.82) is 0 Å². The zero-order valence-corrected chi connectivity index (χ0v) is 12.6. The van der Waals surface area contributed by atoms with E-state index in [9.17, 15) is 0 Å². The molecule has 3 heteroatoms. The Kier molecular flexibility index (Phi) is 4.83. The molecule has 0 radical (unpaired) electrons. The summed E-state index contributed by atoms with van der Waals surface area (Å²) in [5.74, 6) is 0.965. The third kappa shape index (κ3) is 3.48. The number of hydrogen-bond donors (Lipinski definition) is 1. The van der Waals surface area contributed by atoms with E-state index in [-0.39, 0.29) is 0 Å². The molecule has 0 heterocycles. The topological polar surface area (TPSA) is 24.5 Å². The highest BCUT2D eigenvalue weighted by atomic mass is 16.5. The molecule has 1 atom stereocenters. The molecule has 0 saturated heterocycles. The zero-order valence-electron chi connectivity index (χ0n) is 12.6. The van der Waals surface area contributed by atoms with Crippen LogP contribution in [0.1, 0.15) is 37.4 Å². The van der Waals surface area contributed by atoms with Crippen LogP contribution in [-0.4, -0.2) is 38.2 Å². The molecule has 0 bridgehead atoms. The van der Waals surface area contributed by atoms with Gasteiger partial charge in [-0.05, 0) is 57.0 Å². The van der Waals surface area contributed by atoms with E-state index < -0.39 is 0 Å². The van der Waals surface area contributed by atoms with Crippen LogP contribution in [-0.2, 0) is 6.42 Å². The number of aryl methyl sites for hydroxylation is 1. The van der Waals surface area contributed by atoms with Gasteiger partial charge in [0, 0.05) is 25.2 Å². The normalized spacial score (nSPS) is 18.1. The van der Waals surface area contributed by atoms with Crippen molar-refractivity contribution in [3.05, 3.63) is 29.3 Å². The molecule has 1 aliphatic carbocycles. The van der Waals surface area contributed by atoms with Gasteiger partial charge in [0.05, 0.1) is 7.11 Å². The third-order valence-electron chi connectivity index (χ3n) is 4.17. The SMILES string of the molecule is COc1ccc2c(c1)C(NCCN(C)C(C)C)CC2. The van der Waals surface area contributed by atoms with Gasteiger partial charge in [0.2, 0.25) is 0 Å². The van der Waals surface area contributed by atoms with Gasteiger partial charge >= 0.3 is 0 Å². The second-order valence-corrected chi connectivity index (χ2v) is 5.68. The predicted molar refractivity (Wildman–Crippen MR) is 79.8 cm³/mol. The fourth-order valence-corrected chi connectivity index (χ4v) is 2.59. The number of ether oxygens (including phenoxy) is 1. The molecule has 0 amide bonds. The lowest BCUT2D eigenvalue weighted by Gasteiger charge is -2.22. The lowest BCUT2D eigenvalue weighted by molar-refractivity contribution is 0.269. The molecule has 1 aromatic rings. The van der Waals surface area contributed by atoms with E-state index in [1.807, 2.05) is 0 Å². The Hall–Kier alpha value is -1.06. The lowest BCUT2D eigenvalue weighted by Crippen LogP contribution is -2.34. The van der Waals surface area contributed by atoms with Crippen LogP contribution >= 0.6 is 0 Å². The minimum Gasteiger partial charge on any atom is -0.497 e. The highest BCUT2D eigenvalue weighted by Gasteiger charge is 2.22. The molecule has 0 saturated carbocycles. The van der Waals surface area contributed by atoms with Crippen LogP contribution in [0.4, 0.5) is 0 Å². The van der Waals surface area contributed by atoms with Gasteiger partial charge in [0.15, 0.2) is 0 Å². The number of nitrogens with one attached hydrogen (secondary N) is 1. The van der Waals surface area contributed by atoms with E-state index in [1.54, 1.807) is 7.11 Å². The molecule has 2 rings (SSSR count). The van der Waals surface area contributed by atoms with Crippen molar-refractivity contribution < 1.29 is 4.74 Å². The quantitative estimate of drug-likeness (QED) is 0.853. The predicted octanol–water partition coefficient (Wildman–Crippen LogP) is 2.61. The minimum absolute atomic E-state index is 0.491. The maximum Gasteiger partial charge on any atom is 0.119 e. The standard InChI is InChI=1S/C16H26N2O/c1-12(2)18(3)10-9-17-16-8-6-13-5-7-14(19-4)11-15(13)16/h5,7,11-12,16-17H,6,8-10H2,1-4H3. The molecule has 3 nitrogen and oxygen atoms in total. The fourth-order valence-electron chi connectivity index (χ4n) is 2.59. The molecule has 0 aliphatic heterocycles. The lowest BCUT2D eigenvalue weighted by atomic mass is 10.1. The summed E-state index contributed by atoms with van der Waals surface area (Å²) in [4.78, 5) is 2.37. The first-order chi connectivity index (χ1) is 9.11. The molecule has 106 valence electrons. The summed E-state index contributed by atoms with van der Waals surface area (Å²) in [6, 6.07) is 7.55. The van der Waals surface area contributed by atoms with Crippen LogP contribution in [0.25, 0.3) is 0 Å².